The summed E-state index contributed by atoms with van der Waals surface area (Å²) >= 11 is 5.63. The second-order valence-electron chi connectivity index (χ2n) is 4.59. The summed E-state index contributed by atoms with van der Waals surface area (Å²) in [7, 11) is 0. The van der Waals surface area contributed by atoms with Crippen molar-refractivity contribution in [2.45, 2.75) is 39.2 Å². The number of hydrogen-bond acceptors (Lipinski definition) is 1. The second-order valence-corrected chi connectivity index (χ2v) is 4.89. The van der Waals surface area contributed by atoms with Crippen LogP contribution in [0.4, 0.5) is 10.5 Å². The zero-order chi connectivity index (χ0) is 13.5. The molecule has 0 aliphatic carbocycles. The maximum Gasteiger partial charge on any atom is 0.319 e. The van der Waals surface area contributed by atoms with E-state index in [1.165, 1.54) is 5.56 Å². The summed E-state index contributed by atoms with van der Waals surface area (Å²) in [6.45, 7) is 6.22. The number of alkyl halides is 1. The highest BCUT2D eigenvalue weighted by Crippen LogP contribution is 2.20. The van der Waals surface area contributed by atoms with E-state index in [4.69, 9.17) is 11.6 Å². The lowest BCUT2D eigenvalue weighted by Gasteiger charge is -2.13. The summed E-state index contributed by atoms with van der Waals surface area (Å²) in [6.07, 6.45) is 1.11. The first-order valence-corrected chi connectivity index (χ1v) is 6.83. The molecule has 2 amide bonds. The molecule has 3 nitrogen and oxygen atoms in total. The predicted octanol–water partition coefficient (Wildman–Crippen LogP) is 3.95. The Morgan fingerprint density at radius 1 is 1.28 bits per heavy atom. The highest BCUT2D eigenvalue weighted by Gasteiger charge is 2.07. The van der Waals surface area contributed by atoms with E-state index in [-0.39, 0.29) is 12.1 Å². The van der Waals surface area contributed by atoms with Gasteiger partial charge in [0.15, 0.2) is 0 Å². The Balaban J connectivity index is 2.55. The molecule has 1 rings (SSSR count). The van der Waals surface area contributed by atoms with Gasteiger partial charge < -0.3 is 10.6 Å². The lowest BCUT2D eigenvalue weighted by atomic mass is 9.99. The van der Waals surface area contributed by atoms with Gasteiger partial charge in [-0.3, -0.25) is 0 Å². The van der Waals surface area contributed by atoms with E-state index < -0.39 is 0 Å². The molecule has 0 aliphatic heterocycles. The van der Waals surface area contributed by atoms with Crippen LogP contribution >= 0.6 is 11.6 Å². The second kappa shape index (κ2) is 7.27. The van der Waals surface area contributed by atoms with Gasteiger partial charge in [-0.25, -0.2) is 4.79 Å². The average molecular weight is 269 g/mol. The van der Waals surface area contributed by atoms with Gasteiger partial charge in [-0.1, -0.05) is 26.0 Å². The smallest absolute Gasteiger partial charge is 0.319 e. The molecule has 4 heteroatoms. The number of urea groups is 1. The van der Waals surface area contributed by atoms with E-state index >= 15 is 0 Å². The van der Waals surface area contributed by atoms with Gasteiger partial charge in [0, 0.05) is 17.6 Å². The first-order chi connectivity index (χ1) is 8.56. The highest BCUT2D eigenvalue weighted by molar-refractivity contribution is 6.18. The minimum atomic E-state index is -0.223. The third kappa shape index (κ3) is 4.57. The van der Waals surface area contributed by atoms with Crippen LogP contribution in [0.3, 0.4) is 0 Å². The predicted molar refractivity (Wildman–Crippen MR) is 77.5 cm³/mol. The van der Waals surface area contributed by atoms with E-state index in [1.807, 2.05) is 19.1 Å². The summed E-state index contributed by atoms with van der Waals surface area (Å²) in [5.41, 5.74) is 2.08. The van der Waals surface area contributed by atoms with Crippen LogP contribution < -0.4 is 10.6 Å². The molecule has 0 bridgehead atoms. The number of nitrogens with one attached hydrogen (secondary N) is 2. The fourth-order valence-electron chi connectivity index (χ4n) is 1.56. The van der Waals surface area contributed by atoms with Gasteiger partial charge >= 0.3 is 6.03 Å². The highest BCUT2D eigenvalue weighted by atomic mass is 35.5. The minimum Gasteiger partial charge on any atom is -0.334 e. The lowest BCUT2D eigenvalue weighted by Crippen LogP contribution is -2.37. The first kappa shape index (κ1) is 14.8. The maximum atomic E-state index is 11.6. The Hall–Kier alpha value is -1.22. The summed E-state index contributed by atoms with van der Waals surface area (Å²) in [5, 5.41) is 5.53. The van der Waals surface area contributed by atoms with Gasteiger partial charge in [-0.05, 0) is 37.0 Å². The van der Waals surface area contributed by atoms with Gasteiger partial charge in [0.2, 0.25) is 0 Å². The van der Waals surface area contributed by atoms with Crippen LogP contribution in [0.5, 0.6) is 0 Å². The molecule has 1 aromatic carbocycles. The number of rotatable bonds is 5. The SMILES string of the molecule is CC[C@H](C)c1ccc(NC(=O)N[C@@H](C)CCl)cc1. The van der Waals surface area contributed by atoms with Gasteiger partial charge in [0.05, 0.1) is 0 Å². The summed E-state index contributed by atoms with van der Waals surface area (Å²) in [5.74, 6) is 0.949. The van der Waals surface area contributed by atoms with Gasteiger partial charge in [-0.2, -0.15) is 0 Å². The van der Waals surface area contributed by atoms with Crippen LogP contribution in [-0.2, 0) is 0 Å². The molecule has 2 atom stereocenters. The summed E-state index contributed by atoms with van der Waals surface area (Å²) in [6, 6.07) is 7.69. The Bertz CT molecular complexity index is 378. The molecule has 0 radical (unpaired) electrons. The van der Waals surface area contributed by atoms with Crippen molar-refractivity contribution in [2.24, 2.45) is 0 Å². The zero-order valence-corrected chi connectivity index (χ0v) is 11.9. The topological polar surface area (TPSA) is 41.1 Å². The lowest BCUT2D eigenvalue weighted by molar-refractivity contribution is 0.250. The third-order valence-corrected chi connectivity index (χ3v) is 3.42. The fourth-order valence-corrected chi connectivity index (χ4v) is 1.64. The Kier molecular flexibility index (Phi) is 5.99. The van der Waals surface area contributed by atoms with Crippen LogP contribution in [0.1, 0.15) is 38.7 Å². The van der Waals surface area contributed by atoms with Gasteiger partial charge in [0.25, 0.3) is 0 Å². The molecule has 0 saturated carbocycles. The third-order valence-electron chi connectivity index (χ3n) is 2.96. The number of halogens is 1. The van der Waals surface area contributed by atoms with Crippen molar-refractivity contribution in [3.63, 3.8) is 0 Å². The molecular weight excluding hydrogens is 248 g/mol. The Labute approximate surface area is 114 Å². The average Bonchev–Trinajstić information content (AvgIpc) is 2.38. The van der Waals surface area contributed by atoms with E-state index in [2.05, 4.69) is 36.6 Å². The Morgan fingerprint density at radius 2 is 1.89 bits per heavy atom. The van der Waals surface area contributed by atoms with Gasteiger partial charge in [-0.15, -0.1) is 11.6 Å². The van der Waals surface area contributed by atoms with Crippen molar-refractivity contribution in [1.82, 2.24) is 5.32 Å². The zero-order valence-electron chi connectivity index (χ0n) is 11.2. The van der Waals surface area contributed by atoms with Crippen LogP contribution in [0, 0.1) is 0 Å². The molecule has 0 aromatic heterocycles. The molecular formula is C14H21ClN2O. The van der Waals surface area contributed by atoms with Crippen LogP contribution in [0.25, 0.3) is 0 Å². The van der Waals surface area contributed by atoms with Crippen molar-refractivity contribution in [2.75, 3.05) is 11.2 Å². The van der Waals surface area contributed by atoms with Crippen molar-refractivity contribution in [1.29, 1.82) is 0 Å². The summed E-state index contributed by atoms with van der Waals surface area (Å²) in [4.78, 5) is 11.6. The molecule has 2 N–H and O–H groups in total. The van der Waals surface area contributed by atoms with Crippen molar-refractivity contribution in [3.05, 3.63) is 29.8 Å². The number of hydrogen-bond donors (Lipinski definition) is 2. The number of amides is 2. The van der Waals surface area contributed by atoms with Crippen LogP contribution in [0.15, 0.2) is 24.3 Å². The molecule has 0 unspecified atom stereocenters. The van der Waals surface area contributed by atoms with E-state index in [9.17, 15) is 4.79 Å². The first-order valence-electron chi connectivity index (χ1n) is 6.30. The van der Waals surface area contributed by atoms with Crippen LogP contribution in [-0.4, -0.2) is 18.0 Å². The molecule has 0 aliphatic rings. The largest absolute Gasteiger partial charge is 0.334 e. The van der Waals surface area contributed by atoms with Crippen LogP contribution in [0.2, 0.25) is 0 Å². The van der Waals surface area contributed by atoms with E-state index in [0.29, 0.717) is 11.8 Å². The van der Waals surface area contributed by atoms with Crippen molar-refractivity contribution < 1.29 is 4.79 Å². The standard InChI is InChI=1S/C14H21ClN2O/c1-4-10(2)12-5-7-13(8-6-12)17-14(18)16-11(3)9-15/h5-8,10-11H,4,9H2,1-3H3,(H2,16,17,18)/t10-,11-/m0/s1. The van der Waals surface area contributed by atoms with Crippen molar-refractivity contribution in [3.8, 4) is 0 Å². The number of carbonyl (C=O) groups is 1. The normalized spacial score (nSPS) is 13.8. The van der Waals surface area contributed by atoms with E-state index in [0.717, 1.165) is 12.1 Å². The number of benzene rings is 1. The quantitative estimate of drug-likeness (QED) is 0.780. The molecule has 0 fully saturated rings. The Morgan fingerprint density at radius 3 is 2.39 bits per heavy atom. The molecule has 100 valence electrons. The van der Waals surface area contributed by atoms with Gasteiger partial charge in [0.1, 0.15) is 0 Å². The molecule has 18 heavy (non-hydrogen) atoms. The number of carbonyl (C=O) groups excluding carboxylic acids is 1. The summed E-state index contributed by atoms with van der Waals surface area (Å²) < 4.78 is 0. The van der Waals surface area contributed by atoms with Crippen molar-refractivity contribution >= 4 is 23.3 Å². The molecule has 1 aromatic rings. The molecule has 0 saturated heterocycles. The maximum absolute atomic E-state index is 11.6. The molecule has 0 heterocycles. The van der Waals surface area contributed by atoms with E-state index in [1.54, 1.807) is 0 Å². The number of anilines is 1. The fraction of sp³-hybridized carbons (Fsp3) is 0.500. The monoisotopic (exact) mass is 268 g/mol. The minimum absolute atomic E-state index is 0.0361. The molecule has 0 spiro atoms.